The van der Waals surface area contributed by atoms with E-state index < -0.39 is 23.2 Å². The molecule has 0 unspecified atom stereocenters. The lowest BCUT2D eigenvalue weighted by molar-refractivity contribution is 0.0594. The number of likely N-dealkylation sites (tertiary alicyclic amines) is 1. The van der Waals surface area contributed by atoms with E-state index in [0.29, 0.717) is 33.2 Å². The molecule has 2 atom stereocenters. The monoisotopic (exact) mass is 513 g/mol. The molecule has 6 rings (SSSR count). The highest BCUT2D eigenvalue weighted by Gasteiger charge is 2.68. The van der Waals surface area contributed by atoms with E-state index in [1.807, 2.05) is 12.1 Å². The van der Waals surface area contributed by atoms with Gasteiger partial charge >= 0.3 is 0 Å². The standard InChI is InChI=1S/C30H21ClFNO4/c1-33-16-23(27(34)18-8-12-20(32)13-9-18)26(25-15-14-24(37-25)17-6-10-19(31)11-7-17)30(33)28(35)21-4-2-3-5-22(21)29(30)36/h2-15,23,26H,16H2,1H3/t23-,26-/m0/s1. The van der Waals surface area contributed by atoms with Crippen LogP contribution in [0.4, 0.5) is 4.39 Å². The quantitative estimate of drug-likeness (QED) is 0.244. The predicted molar refractivity (Wildman–Crippen MR) is 137 cm³/mol. The molecule has 4 aromatic rings. The third-order valence-corrected chi connectivity index (χ3v) is 7.81. The van der Waals surface area contributed by atoms with Crippen molar-refractivity contribution in [1.29, 1.82) is 0 Å². The van der Waals surface area contributed by atoms with Gasteiger partial charge in [-0.05, 0) is 67.7 Å². The lowest BCUT2D eigenvalue weighted by Gasteiger charge is -2.33. The van der Waals surface area contributed by atoms with Crippen LogP contribution in [0.25, 0.3) is 11.3 Å². The largest absolute Gasteiger partial charge is 0.461 e. The summed E-state index contributed by atoms with van der Waals surface area (Å²) >= 11 is 6.03. The van der Waals surface area contributed by atoms with Crippen molar-refractivity contribution in [2.45, 2.75) is 11.5 Å². The van der Waals surface area contributed by atoms with Crippen molar-refractivity contribution in [2.75, 3.05) is 13.6 Å². The van der Waals surface area contributed by atoms with Crippen molar-refractivity contribution in [3.63, 3.8) is 0 Å². The molecule has 0 radical (unpaired) electrons. The van der Waals surface area contributed by atoms with Gasteiger partial charge < -0.3 is 4.42 Å². The van der Waals surface area contributed by atoms with Crippen molar-refractivity contribution in [2.24, 2.45) is 5.92 Å². The third kappa shape index (κ3) is 3.44. The van der Waals surface area contributed by atoms with Crippen LogP contribution in [0, 0.1) is 11.7 Å². The Bertz CT molecular complexity index is 1520. The van der Waals surface area contributed by atoms with Crippen LogP contribution < -0.4 is 0 Å². The van der Waals surface area contributed by atoms with Gasteiger partial charge in [0, 0.05) is 39.7 Å². The number of hydrogen-bond acceptors (Lipinski definition) is 5. The number of benzene rings is 3. The minimum absolute atomic E-state index is 0.156. The Labute approximate surface area is 217 Å². The Kier molecular flexibility index (Phi) is 5.48. The van der Waals surface area contributed by atoms with Gasteiger partial charge in [-0.15, -0.1) is 0 Å². The van der Waals surface area contributed by atoms with Gasteiger partial charge in [0.15, 0.2) is 22.9 Å². The van der Waals surface area contributed by atoms with Crippen LogP contribution in [-0.2, 0) is 0 Å². The summed E-state index contributed by atoms with van der Waals surface area (Å²) in [6, 6.07) is 22.6. The van der Waals surface area contributed by atoms with Crippen LogP contribution in [0.5, 0.6) is 0 Å². The SMILES string of the molecule is CN1C[C@H](C(=O)c2ccc(F)cc2)[C@@H](c2ccc(-c3ccc(Cl)cc3)o2)C12C(=O)c1ccccc1C2=O. The van der Waals surface area contributed by atoms with Crippen LogP contribution in [0.15, 0.2) is 89.3 Å². The fourth-order valence-corrected chi connectivity index (χ4v) is 5.98. The number of hydrogen-bond donors (Lipinski definition) is 0. The zero-order valence-corrected chi connectivity index (χ0v) is 20.5. The van der Waals surface area contributed by atoms with E-state index in [0.717, 1.165) is 5.56 Å². The molecular formula is C30H21ClFNO4. The molecule has 5 nitrogen and oxygen atoms in total. The first-order chi connectivity index (χ1) is 17.8. The molecule has 1 aliphatic carbocycles. The van der Waals surface area contributed by atoms with E-state index in [1.165, 1.54) is 24.3 Å². The number of carbonyl (C=O) groups is 3. The van der Waals surface area contributed by atoms with Gasteiger partial charge in [-0.1, -0.05) is 35.9 Å². The number of likely N-dealkylation sites (N-methyl/N-ethyl adjacent to an activating group) is 1. The first-order valence-corrected chi connectivity index (χ1v) is 12.3. The van der Waals surface area contributed by atoms with Crippen LogP contribution in [0.1, 0.15) is 42.8 Å². The Hall–Kier alpha value is -3.87. The molecule has 0 bridgehead atoms. The normalized spacial score (nSPS) is 20.5. The second-order valence-corrected chi connectivity index (χ2v) is 9.95. The highest BCUT2D eigenvalue weighted by molar-refractivity contribution is 6.34. The molecule has 37 heavy (non-hydrogen) atoms. The van der Waals surface area contributed by atoms with Crippen molar-refractivity contribution < 1.29 is 23.2 Å². The van der Waals surface area contributed by atoms with Crippen LogP contribution in [0.3, 0.4) is 0 Å². The first-order valence-electron chi connectivity index (χ1n) is 11.9. The number of fused-ring (bicyclic) bond motifs is 1. The molecule has 2 heterocycles. The van der Waals surface area contributed by atoms with E-state index in [-0.39, 0.29) is 23.9 Å². The van der Waals surface area contributed by atoms with Gasteiger partial charge in [0.05, 0.1) is 5.92 Å². The van der Waals surface area contributed by atoms with Crippen molar-refractivity contribution >= 4 is 29.0 Å². The lowest BCUT2D eigenvalue weighted by atomic mass is 9.73. The number of ketones is 3. The predicted octanol–water partition coefficient (Wildman–Crippen LogP) is 6.09. The number of Topliss-reactive ketones (excluding diaryl/α,β-unsaturated/α-hetero) is 3. The number of carbonyl (C=O) groups excluding carboxylic acids is 3. The molecule has 0 N–H and O–H groups in total. The minimum Gasteiger partial charge on any atom is -0.461 e. The smallest absolute Gasteiger partial charge is 0.192 e. The van der Waals surface area contributed by atoms with E-state index in [2.05, 4.69) is 0 Å². The molecule has 1 aliphatic heterocycles. The van der Waals surface area contributed by atoms with Gasteiger partial charge in [0.2, 0.25) is 0 Å². The van der Waals surface area contributed by atoms with Crippen molar-refractivity contribution in [3.05, 3.63) is 118 Å². The molecule has 1 aromatic heterocycles. The highest BCUT2D eigenvalue weighted by atomic mass is 35.5. The molecule has 3 aromatic carbocycles. The Balaban J connectivity index is 1.51. The molecular weight excluding hydrogens is 493 g/mol. The van der Waals surface area contributed by atoms with E-state index in [9.17, 15) is 18.8 Å². The summed E-state index contributed by atoms with van der Waals surface area (Å²) in [5.41, 5.74) is 0.123. The zero-order chi connectivity index (χ0) is 25.9. The van der Waals surface area contributed by atoms with Crippen LogP contribution >= 0.6 is 11.6 Å². The molecule has 1 fully saturated rings. The summed E-state index contributed by atoms with van der Waals surface area (Å²) < 4.78 is 19.9. The fraction of sp³-hybridized carbons (Fsp3) is 0.167. The van der Waals surface area contributed by atoms with Crippen molar-refractivity contribution in [1.82, 2.24) is 4.90 Å². The van der Waals surface area contributed by atoms with Gasteiger partial charge in [0.1, 0.15) is 17.3 Å². The second kappa shape index (κ2) is 8.61. The van der Waals surface area contributed by atoms with Crippen LogP contribution in [0.2, 0.25) is 5.02 Å². The maximum absolute atomic E-state index is 14.0. The molecule has 0 amide bonds. The van der Waals surface area contributed by atoms with E-state index >= 15 is 0 Å². The van der Waals surface area contributed by atoms with E-state index in [1.54, 1.807) is 60.5 Å². The number of rotatable bonds is 4. The maximum atomic E-state index is 14.0. The molecule has 0 saturated carbocycles. The molecule has 1 spiro atoms. The zero-order valence-electron chi connectivity index (χ0n) is 19.8. The average Bonchev–Trinajstić information content (AvgIpc) is 3.56. The fourth-order valence-electron chi connectivity index (χ4n) is 5.85. The van der Waals surface area contributed by atoms with Gasteiger partial charge in [-0.2, -0.15) is 0 Å². The average molecular weight is 514 g/mol. The second-order valence-electron chi connectivity index (χ2n) is 9.51. The third-order valence-electron chi connectivity index (χ3n) is 7.56. The topological polar surface area (TPSA) is 67.6 Å². The Morgan fingerprint density at radius 2 is 1.54 bits per heavy atom. The molecule has 1 saturated heterocycles. The summed E-state index contributed by atoms with van der Waals surface area (Å²) in [7, 11) is 1.69. The summed E-state index contributed by atoms with van der Waals surface area (Å²) in [6.45, 7) is 0.156. The molecule has 2 aliphatic rings. The lowest BCUT2D eigenvalue weighted by Crippen LogP contribution is -2.54. The summed E-state index contributed by atoms with van der Waals surface area (Å²) in [5, 5.41) is 0.580. The highest BCUT2D eigenvalue weighted by Crippen LogP contribution is 2.53. The van der Waals surface area contributed by atoms with E-state index in [4.69, 9.17) is 16.0 Å². The van der Waals surface area contributed by atoms with Gasteiger partial charge in [0.25, 0.3) is 0 Å². The van der Waals surface area contributed by atoms with Crippen molar-refractivity contribution in [3.8, 4) is 11.3 Å². The Morgan fingerprint density at radius 3 is 2.16 bits per heavy atom. The summed E-state index contributed by atoms with van der Waals surface area (Å²) in [5.74, 6) is -2.20. The first kappa shape index (κ1) is 23.5. The molecule has 7 heteroatoms. The maximum Gasteiger partial charge on any atom is 0.192 e. The number of furan rings is 1. The Morgan fingerprint density at radius 1 is 0.919 bits per heavy atom. The van der Waals surface area contributed by atoms with Crippen LogP contribution in [-0.4, -0.2) is 41.4 Å². The molecule has 184 valence electrons. The number of nitrogens with zero attached hydrogens (tertiary/aromatic N) is 1. The van der Waals surface area contributed by atoms with Gasteiger partial charge in [-0.25, -0.2) is 4.39 Å². The number of halogens is 2. The summed E-state index contributed by atoms with van der Waals surface area (Å²) in [6.07, 6.45) is 0. The van der Waals surface area contributed by atoms with Gasteiger partial charge in [-0.3, -0.25) is 19.3 Å². The minimum atomic E-state index is -1.63. The summed E-state index contributed by atoms with van der Waals surface area (Å²) in [4.78, 5) is 43.5.